The number of carbonyl (C=O) groups excluding carboxylic acids is 1. The van der Waals surface area contributed by atoms with Crippen molar-refractivity contribution >= 4 is 5.78 Å². The van der Waals surface area contributed by atoms with Crippen LogP contribution in [0.4, 0.5) is 0 Å². The van der Waals surface area contributed by atoms with Gasteiger partial charge in [0.2, 0.25) is 0 Å². The number of nitrogens with one attached hydrogen (secondary N) is 1. The molecule has 0 spiro atoms. The number of ether oxygens (including phenoxy) is 1. The second-order valence-corrected chi connectivity index (χ2v) is 7.16. The van der Waals surface area contributed by atoms with Crippen LogP contribution in [0.15, 0.2) is 18.2 Å². The highest BCUT2D eigenvalue weighted by Crippen LogP contribution is 2.54. The van der Waals surface area contributed by atoms with Gasteiger partial charge >= 0.3 is 0 Å². The maximum Gasteiger partial charge on any atom is 0.133 e. The first-order valence-corrected chi connectivity index (χ1v) is 8.75. The van der Waals surface area contributed by atoms with Crippen LogP contribution in [-0.2, 0) is 16.6 Å². The third-order valence-electron chi connectivity index (χ3n) is 5.98. The van der Waals surface area contributed by atoms with E-state index in [9.17, 15) is 4.79 Å². The van der Waals surface area contributed by atoms with Crippen LogP contribution in [0.25, 0.3) is 0 Å². The Morgan fingerprint density at radius 3 is 3.18 bits per heavy atom. The highest BCUT2D eigenvalue weighted by Gasteiger charge is 2.53. The van der Waals surface area contributed by atoms with E-state index < -0.39 is 0 Å². The summed E-state index contributed by atoms with van der Waals surface area (Å²) in [6.07, 6.45) is 5.72. The maximum absolute atomic E-state index is 12.2. The summed E-state index contributed by atoms with van der Waals surface area (Å²) in [6, 6.07) is 7.00. The maximum atomic E-state index is 12.2. The van der Waals surface area contributed by atoms with Crippen molar-refractivity contribution in [1.82, 2.24) is 5.32 Å². The van der Waals surface area contributed by atoms with Crippen molar-refractivity contribution in [1.29, 1.82) is 0 Å². The van der Waals surface area contributed by atoms with E-state index in [1.807, 2.05) is 0 Å². The zero-order valence-corrected chi connectivity index (χ0v) is 13.4. The molecule has 3 aliphatic rings. The molecule has 0 radical (unpaired) electrons. The number of benzene rings is 1. The molecule has 1 aromatic rings. The highest BCUT2D eigenvalue weighted by molar-refractivity contribution is 5.81. The number of rotatable bonds is 3. The number of piperidine rings is 1. The Morgan fingerprint density at radius 1 is 1.41 bits per heavy atom. The Labute approximate surface area is 132 Å². The molecule has 0 amide bonds. The Hall–Kier alpha value is -1.35. The van der Waals surface area contributed by atoms with Crippen molar-refractivity contribution in [2.45, 2.75) is 56.9 Å². The minimum absolute atomic E-state index is 0.0738. The smallest absolute Gasteiger partial charge is 0.133 e. The summed E-state index contributed by atoms with van der Waals surface area (Å²) >= 11 is 0. The fourth-order valence-electron chi connectivity index (χ4n) is 5.10. The van der Waals surface area contributed by atoms with E-state index in [4.69, 9.17) is 4.74 Å². The summed E-state index contributed by atoms with van der Waals surface area (Å²) in [5, 5.41) is 3.72. The standard InChI is InChI=1S/C19H25NO2/c1-2-10-22-18-5-3-4-15-14(18)11-17-16-7-6-13(21)12-19(15,16)8-9-20-17/h3-5,16-17,20H,2,6-12H2,1H3/t16-,17+,19+/m0/s1. The predicted octanol–water partition coefficient (Wildman–Crippen LogP) is 3.00. The van der Waals surface area contributed by atoms with E-state index in [1.165, 1.54) is 11.1 Å². The van der Waals surface area contributed by atoms with Crippen LogP contribution in [-0.4, -0.2) is 25.0 Å². The van der Waals surface area contributed by atoms with Gasteiger partial charge in [-0.3, -0.25) is 4.79 Å². The zero-order valence-electron chi connectivity index (χ0n) is 13.4. The number of hydrogen-bond acceptors (Lipinski definition) is 3. The van der Waals surface area contributed by atoms with Crippen LogP contribution >= 0.6 is 0 Å². The lowest BCUT2D eigenvalue weighted by atomic mass is 9.52. The Bertz CT molecular complexity index is 597. The molecule has 1 saturated carbocycles. The van der Waals surface area contributed by atoms with Crippen molar-refractivity contribution < 1.29 is 9.53 Å². The molecular formula is C19H25NO2. The molecule has 0 aromatic heterocycles. The molecule has 1 aliphatic heterocycles. The van der Waals surface area contributed by atoms with Crippen molar-refractivity contribution in [2.24, 2.45) is 5.92 Å². The molecule has 2 bridgehead atoms. The molecule has 118 valence electrons. The molecule has 4 rings (SSSR count). The summed E-state index contributed by atoms with van der Waals surface area (Å²) in [6.45, 7) is 3.94. The van der Waals surface area contributed by atoms with E-state index in [0.29, 0.717) is 17.7 Å². The number of ketones is 1. The third kappa shape index (κ3) is 2.02. The van der Waals surface area contributed by atoms with Gasteiger partial charge in [-0.05, 0) is 55.3 Å². The van der Waals surface area contributed by atoms with Crippen molar-refractivity contribution in [3.05, 3.63) is 29.3 Å². The van der Waals surface area contributed by atoms with Crippen LogP contribution in [0.2, 0.25) is 0 Å². The topological polar surface area (TPSA) is 38.3 Å². The van der Waals surface area contributed by atoms with Gasteiger partial charge in [0.25, 0.3) is 0 Å². The molecule has 1 N–H and O–H groups in total. The summed E-state index contributed by atoms with van der Waals surface area (Å²) in [7, 11) is 0. The van der Waals surface area contributed by atoms with E-state index in [0.717, 1.165) is 57.4 Å². The molecule has 3 heteroatoms. The minimum atomic E-state index is 0.0738. The fraction of sp³-hybridized carbons (Fsp3) is 0.632. The zero-order chi connectivity index (χ0) is 15.2. The van der Waals surface area contributed by atoms with Crippen LogP contribution < -0.4 is 10.1 Å². The van der Waals surface area contributed by atoms with Gasteiger partial charge in [0.05, 0.1) is 6.61 Å². The van der Waals surface area contributed by atoms with Gasteiger partial charge in [0, 0.05) is 24.3 Å². The molecule has 1 aromatic carbocycles. The number of fused-ring (bicyclic) bond motifs is 1. The van der Waals surface area contributed by atoms with Gasteiger partial charge in [0.1, 0.15) is 11.5 Å². The van der Waals surface area contributed by atoms with Crippen molar-refractivity contribution in [3.8, 4) is 5.75 Å². The average molecular weight is 299 g/mol. The molecule has 2 fully saturated rings. The normalized spacial score (nSPS) is 33.0. The Kier molecular flexibility index (Phi) is 3.48. The largest absolute Gasteiger partial charge is 0.493 e. The molecule has 0 unspecified atom stereocenters. The second-order valence-electron chi connectivity index (χ2n) is 7.16. The van der Waals surface area contributed by atoms with E-state index in [-0.39, 0.29) is 5.41 Å². The highest BCUT2D eigenvalue weighted by atomic mass is 16.5. The van der Waals surface area contributed by atoms with Gasteiger partial charge in [-0.2, -0.15) is 0 Å². The molecule has 22 heavy (non-hydrogen) atoms. The monoisotopic (exact) mass is 299 g/mol. The quantitative estimate of drug-likeness (QED) is 0.932. The molecule has 1 heterocycles. The first-order valence-electron chi connectivity index (χ1n) is 8.75. The molecule has 3 nitrogen and oxygen atoms in total. The second kappa shape index (κ2) is 5.38. The fourth-order valence-corrected chi connectivity index (χ4v) is 5.10. The molecule has 3 atom stereocenters. The molecular weight excluding hydrogens is 274 g/mol. The third-order valence-corrected chi connectivity index (χ3v) is 5.98. The van der Waals surface area contributed by atoms with Crippen LogP contribution in [0, 0.1) is 5.92 Å². The van der Waals surface area contributed by atoms with Gasteiger partial charge in [0.15, 0.2) is 0 Å². The lowest BCUT2D eigenvalue weighted by Crippen LogP contribution is -2.60. The van der Waals surface area contributed by atoms with Gasteiger partial charge in [-0.1, -0.05) is 19.1 Å². The predicted molar refractivity (Wildman–Crippen MR) is 86.4 cm³/mol. The molecule has 2 aliphatic carbocycles. The summed E-state index contributed by atoms with van der Waals surface area (Å²) in [4.78, 5) is 12.2. The first-order chi connectivity index (χ1) is 10.7. The van der Waals surface area contributed by atoms with Crippen molar-refractivity contribution in [2.75, 3.05) is 13.2 Å². The summed E-state index contributed by atoms with van der Waals surface area (Å²) in [5.41, 5.74) is 2.85. The number of Topliss-reactive ketones (excluding diaryl/α,β-unsaturated/α-hetero) is 1. The lowest BCUT2D eigenvalue weighted by Gasteiger charge is -2.55. The summed E-state index contributed by atoms with van der Waals surface area (Å²) < 4.78 is 6.01. The van der Waals surface area contributed by atoms with E-state index >= 15 is 0 Å². The lowest BCUT2D eigenvalue weighted by molar-refractivity contribution is -0.125. The Balaban J connectivity index is 1.82. The van der Waals surface area contributed by atoms with Gasteiger partial charge < -0.3 is 10.1 Å². The first kappa shape index (κ1) is 14.3. The van der Waals surface area contributed by atoms with Crippen LogP contribution in [0.5, 0.6) is 5.75 Å². The SMILES string of the molecule is CCCOc1cccc2c1C[C@H]1NCC[C@@]23CC(=O)CC[C@@H]13. The van der Waals surface area contributed by atoms with Gasteiger partial charge in [-0.15, -0.1) is 0 Å². The van der Waals surface area contributed by atoms with E-state index in [2.05, 4.69) is 30.4 Å². The van der Waals surface area contributed by atoms with Crippen LogP contribution in [0.1, 0.15) is 50.2 Å². The van der Waals surface area contributed by atoms with Gasteiger partial charge in [-0.25, -0.2) is 0 Å². The average Bonchev–Trinajstić information content (AvgIpc) is 2.52. The number of hydrogen-bond donors (Lipinski definition) is 1. The minimum Gasteiger partial charge on any atom is -0.493 e. The number of carbonyl (C=O) groups is 1. The van der Waals surface area contributed by atoms with Crippen LogP contribution in [0.3, 0.4) is 0 Å². The van der Waals surface area contributed by atoms with E-state index in [1.54, 1.807) is 0 Å². The summed E-state index contributed by atoms with van der Waals surface area (Å²) in [5.74, 6) is 2.11. The van der Waals surface area contributed by atoms with Crippen molar-refractivity contribution in [3.63, 3.8) is 0 Å². The Morgan fingerprint density at radius 2 is 2.32 bits per heavy atom. The molecule has 1 saturated heterocycles.